The van der Waals surface area contributed by atoms with Crippen LogP contribution in [0.25, 0.3) is 35.4 Å². The average molecular weight is 507 g/mol. The molecule has 4 aromatic heterocycles. The van der Waals surface area contributed by atoms with Gasteiger partial charge in [-0.15, -0.1) is 0 Å². The highest BCUT2D eigenvalue weighted by Crippen LogP contribution is 2.23. The second-order valence-corrected chi connectivity index (χ2v) is 9.69. The lowest BCUT2D eigenvalue weighted by atomic mass is 10.0. The molecule has 0 bridgehead atoms. The van der Waals surface area contributed by atoms with E-state index in [1.54, 1.807) is 12.4 Å². The first kappa shape index (κ1) is 25.4. The van der Waals surface area contributed by atoms with E-state index in [9.17, 15) is 0 Å². The van der Waals surface area contributed by atoms with Gasteiger partial charge in [0.1, 0.15) is 11.4 Å². The van der Waals surface area contributed by atoms with Gasteiger partial charge in [0.05, 0.1) is 23.1 Å². The van der Waals surface area contributed by atoms with Gasteiger partial charge in [-0.25, -0.2) is 9.97 Å². The molecule has 0 saturated carbocycles. The molecule has 0 radical (unpaired) electrons. The maximum absolute atomic E-state index is 4.95. The minimum Gasteiger partial charge on any atom is -0.340 e. The first-order chi connectivity index (χ1) is 18.5. The maximum atomic E-state index is 4.95. The zero-order valence-electron chi connectivity index (χ0n) is 22.3. The Morgan fingerprint density at radius 3 is 2.71 bits per heavy atom. The van der Waals surface area contributed by atoms with Gasteiger partial charge in [-0.2, -0.15) is 5.10 Å². The third-order valence-corrected chi connectivity index (χ3v) is 6.84. The fraction of sp³-hybridized carbons (Fsp3) is 0.267. The number of rotatable bonds is 8. The number of aryl methyl sites for hydroxylation is 2. The van der Waals surface area contributed by atoms with Gasteiger partial charge in [0.2, 0.25) is 0 Å². The van der Waals surface area contributed by atoms with E-state index < -0.39 is 0 Å². The molecule has 38 heavy (non-hydrogen) atoms. The molecular formula is C30H34N8. The number of aromatic nitrogens is 7. The van der Waals surface area contributed by atoms with Crippen molar-refractivity contribution in [3.8, 4) is 11.5 Å². The molecule has 2 N–H and O–H groups in total. The van der Waals surface area contributed by atoms with Crippen molar-refractivity contribution in [3.63, 3.8) is 0 Å². The first-order valence-electron chi connectivity index (χ1n) is 13.0. The number of nitrogens with zero attached hydrogens (tertiary/aromatic N) is 6. The Kier molecular flexibility index (Phi) is 7.33. The van der Waals surface area contributed by atoms with E-state index in [2.05, 4.69) is 61.4 Å². The largest absolute Gasteiger partial charge is 0.340 e. The molecule has 0 spiro atoms. The summed E-state index contributed by atoms with van der Waals surface area (Å²) >= 11 is 0. The molecule has 1 aliphatic rings. The van der Waals surface area contributed by atoms with Crippen LogP contribution in [0.5, 0.6) is 0 Å². The van der Waals surface area contributed by atoms with Gasteiger partial charge in [-0.05, 0) is 76.1 Å². The number of aromatic amines is 2. The van der Waals surface area contributed by atoms with Gasteiger partial charge < -0.3 is 9.55 Å². The van der Waals surface area contributed by atoms with Crippen LogP contribution in [-0.4, -0.2) is 52.7 Å². The van der Waals surface area contributed by atoms with Gasteiger partial charge in [0, 0.05) is 41.6 Å². The molecule has 0 aliphatic carbocycles. The van der Waals surface area contributed by atoms with Crippen molar-refractivity contribution in [2.24, 2.45) is 0 Å². The molecular weight excluding hydrogens is 472 g/mol. The molecule has 0 amide bonds. The summed E-state index contributed by atoms with van der Waals surface area (Å²) in [6.45, 7) is 17.3. The van der Waals surface area contributed by atoms with E-state index in [1.165, 1.54) is 18.4 Å². The predicted octanol–water partition coefficient (Wildman–Crippen LogP) is 3.97. The molecule has 0 atom stereocenters. The standard InChI is InChI=1S/C30H34N8/c1-6-10-27(38-17-20(3)32-19-38)28-22(5)33-30(34-28)29-26(21(4)35-36-29)14-24(7-2)25-13-23(15-31-16-25)18-37-11-8-9-12-37/h6-7,10,13-17,19,35H,1,4,8-9,11-12,18H2,2-3,5H3,(H,33,34)/b24-7+,26-14+,27-10+. The molecule has 0 aromatic carbocycles. The van der Waals surface area contributed by atoms with Gasteiger partial charge in [-0.1, -0.05) is 25.3 Å². The van der Waals surface area contributed by atoms with Crippen molar-refractivity contribution in [3.05, 3.63) is 94.6 Å². The number of hydrogen-bond acceptors (Lipinski definition) is 5. The number of likely N-dealkylation sites (tertiary alicyclic amines) is 1. The Morgan fingerprint density at radius 2 is 2.00 bits per heavy atom. The summed E-state index contributed by atoms with van der Waals surface area (Å²) in [7, 11) is 0. The van der Waals surface area contributed by atoms with E-state index in [1.807, 2.05) is 50.0 Å². The lowest BCUT2D eigenvalue weighted by Gasteiger charge is -2.15. The van der Waals surface area contributed by atoms with Gasteiger partial charge in [0.15, 0.2) is 5.82 Å². The highest BCUT2D eigenvalue weighted by atomic mass is 15.1. The number of imidazole rings is 2. The average Bonchev–Trinajstić information content (AvgIpc) is 3.71. The quantitative estimate of drug-likeness (QED) is 0.353. The summed E-state index contributed by atoms with van der Waals surface area (Å²) in [5.74, 6) is 0.665. The third-order valence-electron chi connectivity index (χ3n) is 6.84. The summed E-state index contributed by atoms with van der Waals surface area (Å²) in [4.78, 5) is 19.8. The molecule has 1 fully saturated rings. The van der Waals surface area contributed by atoms with Crippen LogP contribution in [0.1, 0.15) is 48.0 Å². The number of pyridine rings is 1. The van der Waals surface area contributed by atoms with E-state index in [-0.39, 0.29) is 0 Å². The molecule has 1 aliphatic heterocycles. The Morgan fingerprint density at radius 1 is 1.18 bits per heavy atom. The van der Waals surface area contributed by atoms with Crippen LogP contribution in [0, 0.1) is 13.8 Å². The summed E-state index contributed by atoms with van der Waals surface area (Å²) in [6, 6.07) is 2.23. The number of hydrogen-bond donors (Lipinski definition) is 2. The normalized spacial score (nSPS) is 15.5. The van der Waals surface area contributed by atoms with Crippen molar-refractivity contribution in [2.45, 2.75) is 40.2 Å². The van der Waals surface area contributed by atoms with Gasteiger partial charge in [0.25, 0.3) is 0 Å². The number of nitrogens with one attached hydrogen (secondary N) is 2. The molecule has 8 nitrogen and oxygen atoms in total. The molecule has 194 valence electrons. The van der Waals surface area contributed by atoms with E-state index in [0.29, 0.717) is 11.5 Å². The van der Waals surface area contributed by atoms with Crippen LogP contribution in [0.2, 0.25) is 0 Å². The van der Waals surface area contributed by atoms with Crippen LogP contribution in [0.3, 0.4) is 0 Å². The number of allylic oxidation sites excluding steroid dienone is 4. The molecule has 0 unspecified atom stereocenters. The second-order valence-electron chi connectivity index (χ2n) is 9.69. The van der Waals surface area contributed by atoms with Crippen LogP contribution in [-0.2, 0) is 6.54 Å². The summed E-state index contributed by atoms with van der Waals surface area (Å²) in [6.07, 6.45) is 18.1. The summed E-state index contributed by atoms with van der Waals surface area (Å²) in [5.41, 5.74) is 7.60. The molecule has 5 heterocycles. The van der Waals surface area contributed by atoms with Crippen molar-refractivity contribution in [1.82, 2.24) is 39.6 Å². The Balaban J connectivity index is 1.52. The molecule has 8 heteroatoms. The highest BCUT2D eigenvalue weighted by Gasteiger charge is 2.17. The van der Waals surface area contributed by atoms with Crippen molar-refractivity contribution in [1.29, 1.82) is 0 Å². The number of H-pyrrole nitrogens is 2. The zero-order valence-corrected chi connectivity index (χ0v) is 22.3. The Hall–Kier alpha value is -4.30. The third kappa shape index (κ3) is 5.21. The SMILES string of the molecule is C=C/C=C(\c1nc(-c2n[nH]c(=C)/c2=C\C(=C/C)c2cncc(CN3CCCC3)c2)[nH]c1C)n1cnc(C)c1. The van der Waals surface area contributed by atoms with Crippen molar-refractivity contribution >= 4 is 23.9 Å². The fourth-order valence-electron chi connectivity index (χ4n) is 4.92. The van der Waals surface area contributed by atoms with Crippen LogP contribution < -0.4 is 10.6 Å². The summed E-state index contributed by atoms with van der Waals surface area (Å²) in [5, 5.41) is 9.23. The smallest absolute Gasteiger partial charge is 0.159 e. The molecule has 5 rings (SSSR count). The van der Waals surface area contributed by atoms with Gasteiger partial charge in [-0.3, -0.25) is 15.0 Å². The van der Waals surface area contributed by atoms with E-state index in [4.69, 9.17) is 4.98 Å². The molecule has 4 aromatic rings. The maximum Gasteiger partial charge on any atom is 0.159 e. The zero-order chi connectivity index (χ0) is 26.6. The highest BCUT2D eigenvalue weighted by molar-refractivity contribution is 5.89. The molecule has 1 saturated heterocycles. The minimum absolute atomic E-state index is 0.665. The monoisotopic (exact) mass is 506 g/mol. The minimum atomic E-state index is 0.665. The predicted molar refractivity (Wildman–Crippen MR) is 153 cm³/mol. The second kappa shape index (κ2) is 11.0. The van der Waals surface area contributed by atoms with Crippen LogP contribution in [0.15, 0.2) is 55.8 Å². The van der Waals surface area contributed by atoms with E-state index >= 15 is 0 Å². The van der Waals surface area contributed by atoms with Gasteiger partial charge >= 0.3 is 0 Å². The first-order valence-corrected chi connectivity index (χ1v) is 13.0. The van der Waals surface area contributed by atoms with Crippen LogP contribution in [0.4, 0.5) is 0 Å². The van der Waals surface area contributed by atoms with Crippen molar-refractivity contribution in [2.75, 3.05) is 13.1 Å². The lowest BCUT2D eigenvalue weighted by Crippen LogP contribution is -2.22. The lowest BCUT2D eigenvalue weighted by molar-refractivity contribution is 0.331. The summed E-state index contributed by atoms with van der Waals surface area (Å²) < 4.78 is 1.95. The van der Waals surface area contributed by atoms with E-state index in [0.717, 1.165) is 64.1 Å². The van der Waals surface area contributed by atoms with Crippen molar-refractivity contribution < 1.29 is 0 Å². The van der Waals surface area contributed by atoms with Crippen LogP contribution >= 0.6 is 0 Å². The Labute approximate surface area is 222 Å². The Bertz CT molecular complexity index is 1620. The topological polar surface area (TPSA) is 91.3 Å². The fourth-order valence-corrected chi connectivity index (χ4v) is 4.92.